The fourth-order valence-corrected chi connectivity index (χ4v) is 6.13. The smallest absolute Gasteiger partial charge is 0.253 e. The molecule has 1 aliphatic carbocycles. The number of nitrogens with zero attached hydrogens (tertiary/aromatic N) is 2. The van der Waals surface area contributed by atoms with E-state index in [0.717, 1.165) is 47.5 Å². The van der Waals surface area contributed by atoms with Gasteiger partial charge in [-0.3, -0.25) is 4.79 Å². The third kappa shape index (κ3) is 2.46. The highest BCUT2D eigenvalue weighted by Gasteiger charge is 2.63. The van der Waals surface area contributed by atoms with Gasteiger partial charge in [0.2, 0.25) is 0 Å². The summed E-state index contributed by atoms with van der Waals surface area (Å²) in [6, 6.07) is 3.88. The van der Waals surface area contributed by atoms with Crippen molar-refractivity contribution in [2.75, 3.05) is 32.5 Å². The number of nitrogen functional groups attached to an aromatic ring is 1. The molecule has 4 rings (SSSR count). The summed E-state index contributed by atoms with van der Waals surface area (Å²) >= 11 is 1.44. The molecule has 134 valence electrons. The summed E-state index contributed by atoms with van der Waals surface area (Å²) < 4.78 is 6.48. The van der Waals surface area contributed by atoms with E-state index in [0.29, 0.717) is 11.0 Å². The number of methoxy groups -OCH3 is 1. The molecule has 2 N–H and O–H groups in total. The number of hydrogen-bond donors (Lipinski definition) is 1. The Bertz CT molecular complexity index is 860. The first-order valence-corrected chi connectivity index (χ1v) is 9.52. The predicted molar refractivity (Wildman–Crippen MR) is 101 cm³/mol. The lowest BCUT2D eigenvalue weighted by atomic mass is 9.48. The van der Waals surface area contributed by atoms with Crippen LogP contribution in [0.5, 0.6) is 0 Å². The standard InChI is InChI=1S/C19H25N3O2S/c1-11-5-12(6-13-15(11)21-17(20)25-13)16(23)22-7-14-18(2,3)8-19(14,9-22)10-24-4/h5-6,14H,7-10H2,1-4H3,(H2,20,21)/t14-,19-/m1/s1. The number of thiazole rings is 1. The minimum Gasteiger partial charge on any atom is -0.384 e. The summed E-state index contributed by atoms with van der Waals surface area (Å²) in [7, 11) is 1.76. The van der Waals surface area contributed by atoms with Crippen molar-refractivity contribution in [2.24, 2.45) is 16.7 Å². The third-order valence-corrected chi connectivity index (χ3v) is 6.90. The van der Waals surface area contributed by atoms with Crippen LogP contribution in [0, 0.1) is 23.7 Å². The van der Waals surface area contributed by atoms with Gasteiger partial charge < -0.3 is 15.4 Å². The lowest BCUT2D eigenvalue weighted by Crippen LogP contribution is -2.55. The molecule has 25 heavy (non-hydrogen) atoms. The van der Waals surface area contributed by atoms with Crippen molar-refractivity contribution in [3.05, 3.63) is 23.3 Å². The highest BCUT2D eigenvalue weighted by molar-refractivity contribution is 7.22. The number of rotatable bonds is 3. The number of anilines is 1. The second kappa shape index (κ2) is 5.42. The average molecular weight is 359 g/mol. The minimum absolute atomic E-state index is 0.109. The Balaban J connectivity index is 1.64. The number of amides is 1. The van der Waals surface area contributed by atoms with E-state index in [2.05, 4.69) is 18.8 Å². The van der Waals surface area contributed by atoms with Crippen LogP contribution in [0.3, 0.4) is 0 Å². The van der Waals surface area contributed by atoms with Crippen molar-refractivity contribution >= 4 is 32.6 Å². The molecular formula is C19H25N3O2S. The molecule has 1 amide bonds. The summed E-state index contributed by atoms with van der Waals surface area (Å²) in [5, 5.41) is 0.544. The van der Waals surface area contributed by atoms with Gasteiger partial charge in [-0.15, -0.1) is 0 Å². The highest BCUT2D eigenvalue weighted by atomic mass is 32.1. The number of likely N-dealkylation sites (tertiary alicyclic amines) is 1. The Morgan fingerprint density at radius 1 is 1.48 bits per heavy atom. The molecule has 6 heteroatoms. The molecule has 2 aromatic rings. The van der Waals surface area contributed by atoms with Gasteiger partial charge in [0.05, 0.1) is 16.8 Å². The fourth-order valence-electron chi connectivity index (χ4n) is 5.28. The van der Waals surface area contributed by atoms with E-state index >= 15 is 0 Å². The van der Waals surface area contributed by atoms with E-state index in [1.165, 1.54) is 11.3 Å². The minimum atomic E-state index is 0.109. The zero-order valence-electron chi connectivity index (χ0n) is 15.3. The third-order valence-electron chi connectivity index (χ3n) is 6.07. The summed E-state index contributed by atoms with van der Waals surface area (Å²) in [5.74, 6) is 0.616. The van der Waals surface area contributed by atoms with Gasteiger partial charge in [0.1, 0.15) is 0 Å². The molecule has 5 nitrogen and oxygen atoms in total. The van der Waals surface area contributed by atoms with E-state index in [-0.39, 0.29) is 16.7 Å². The zero-order chi connectivity index (χ0) is 18.0. The van der Waals surface area contributed by atoms with Gasteiger partial charge in [-0.2, -0.15) is 0 Å². The molecule has 0 bridgehead atoms. The monoisotopic (exact) mass is 359 g/mol. The molecule has 1 aliphatic heterocycles. The maximum absolute atomic E-state index is 13.2. The number of aryl methyl sites for hydroxylation is 1. The van der Waals surface area contributed by atoms with Crippen LogP contribution >= 0.6 is 11.3 Å². The molecule has 1 saturated carbocycles. The van der Waals surface area contributed by atoms with Gasteiger partial charge in [0, 0.05) is 31.2 Å². The Morgan fingerprint density at radius 3 is 2.92 bits per heavy atom. The first kappa shape index (κ1) is 16.8. The van der Waals surface area contributed by atoms with Crippen LogP contribution in [0.2, 0.25) is 0 Å². The van der Waals surface area contributed by atoms with Crippen LogP contribution in [0.4, 0.5) is 5.13 Å². The van der Waals surface area contributed by atoms with E-state index in [9.17, 15) is 4.79 Å². The molecule has 2 heterocycles. The number of carbonyl (C=O) groups is 1. The molecule has 0 unspecified atom stereocenters. The van der Waals surface area contributed by atoms with Crippen LogP contribution in [-0.2, 0) is 4.74 Å². The molecule has 0 radical (unpaired) electrons. The second-order valence-electron chi connectivity index (χ2n) is 8.39. The van der Waals surface area contributed by atoms with Crippen molar-refractivity contribution in [3.63, 3.8) is 0 Å². The predicted octanol–water partition coefficient (Wildman–Crippen LogP) is 3.32. The number of aromatic nitrogens is 1. The Labute approximate surface area is 152 Å². The van der Waals surface area contributed by atoms with Crippen LogP contribution in [0.15, 0.2) is 12.1 Å². The van der Waals surface area contributed by atoms with E-state index in [1.807, 2.05) is 24.0 Å². The SMILES string of the molecule is COC[C@@]12CN(C(=O)c3cc(C)c4nc(N)sc4c3)C[C@@H]1C(C)(C)C2. The largest absolute Gasteiger partial charge is 0.384 e. The number of ether oxygens (including phenoxy) is 1. The van der Waals surface area contributed by atoms with Gasteiger partial charge in [0.25, 0.3) is 5.91 Å². The number of fused-ring (bicyclic) bond motifs is 2. The molecular weight excluding hydrogens is 334 g/mol. The number of hydrogen-bond acceptors (Lipinski definition) is 5. The molecule has 2 atom stereocenters. The van der Waals surface area contributed by atoms with Gasteiger partial charge in [-0.25, -0.2) is 4.98 Å². The van der Waals surface area contributed by atoms with Gasteiger partial charge in [-0.1, -0.05) is 25.2 Å². The maximum Gasteiger partial charge on any atom is 0.253 e. The Hall–Kier alpha value is -1.66. The molecule has 1 aromatic carbocycles. The molecule has 1 saturated heterocycles. The highest BCUT2D eigenvalue weighted by Crippen LogP contribution is 2.62. The van der Waals surface area contributed by atoms with E-state index < -0.39 is 0 Å². The second-order valence-corrected chi connectivity index (χ2v) is 9.45. The molecule has 1 aromatic heterocycles. The lowest BCUT2D eigenvalue weighted by molar-refractivity contribution is -0.107. The number of nitrogens with two attached hydrogens (primary N) is 1. The van der Waals surface area contributed by atoms with Crippen LogP contribution < -0.4 is 5.73 Å². The maximum atomic E-state index is 13.2. The van der Waals surface area contributed by atoms with Crippen LogP contribution in [-0.4, -0.2) is 42.6 Å². The van der Waals surface area contributed by atoms with Crippen molar-refractivity contribution in [3.8, 4) is 0 Å². The zero-order valence-corrected chi connectivity index (χ0v) is 16.1. The Morgan fingerprint density at radius 2 is 2.24 bits per heavy atom. The molecule has 2 fully saturated rings. The van der Waals surface area contributed by atoms with Crippen molar-refractivity contribution in [2.45, 2.75) is 27.2 Å². The summed E-state index contributed by atoms with van der Waals surface area (Å²) in [6.45, 7) is 8.92. The number of benzene rings is 1. The van der Waals surface area contributed by atoms with Crippen molar-refractivity contribution in [1.82, 2.24) is 9.88 Å². The van der Waals surface area contributed by atoms with Crippen LogP contribution in [0.25, 0.3) is 10.2 Å². The van der Waals surface area contributed by atoms with Crippen LogP contribution in [0.1, 0.15) is 36.2 Å². The Kier molecular flexibility index (Phi) is 3.64. The van der Waals surface area contributed by atoms with E-state index in [4.69, 9.17) is 10.5 Å². The van der Waals surface area contributed by atoms with Crippen molar-refractivity contribution < 1.29 is 9.53 Å². The topological polar surface area (TPSA) is 68.5 Å². The molecule has 2 aliphatic rings. The molecule has 0 spiro atoms. The fraction of sp³-hybridized carbons (Fsp3) is 0.579. The first-order valence-electron chi connectivity index (χ1n) is 8.71. The summed E-state index contributed by atoms with van der Waals surface area (Å²) in [4.78, 5) is 19.5. The van der Waals surface area contributed by atoms with Gasteiger partial charge in [-0.05, 0) is 42.4 Å². The summed E-state index contributed by atoms with van der Waals surface area (Å²) in [5.41, 5.74) is 8.88. The van der Waals surface area contributed by atoms with Gasteiger partial charge in [0.15, 0.2) is 5.13 Å². The van der Waals surface area contributed by atoms with Crippen molar-refractivity contribution in [1.29, 1.82) is 0 Å². The normalized spacial score (nSPS) is 27.4. The number of carbonyl (C=O) groups excluding carboxylic acids is 1. The summed E-state index contributed by atoms with van der Waals surface area (Å²) in [6.07, 6.45) is 1.12. The first-order chi connectivity index (χ1) is 11.8. The van der Waals surface area contributed by atoms with Gasteiger partial charge >= 0.3 is 0 Å². The quantitative estimate of drug-likeness (QED) is 0.913. The lowest BCUT2D eigenvalue weighted by Gasteiger charge is -2.56. The van der Waals surface area contributed by atoms with E-state index in [1.54, 1.807) is 7.11 Å². The average Bonchev–Trinajstić information content (AvgIpc) is 3.05.